The SMILES string of the molecule is COc1ccc(N(CC(=O)N(Cc2cccc(C)c2)C(Cc2ccccc2)C(=O)NCC(C)C)S(=O)(=O)c2ccccc2)cc1. The molecule has 1 N–H and O–H groups in total. The molecule has 1 unspecified atom stereocenters. The number of hydrogen-bond acceptors (Lipinski definition) is 5. The predicted octanol–water partition coefficient (Wildman–Crippen LogP) is 5.61. The summed E-state index contributed by atoms with van der Waals surface area (Å²) in [6.45, 7) is 6.01. The van der Waals surface area contributed by atoms with Gasteiger partial charge in [0.05, 0.1) is 17.7 Å². The zero-order valence-corrected chi connectivity index (χ0v) is 27.0. The lowest BCUT2D eigenvalue weighted by Crippen LogP contribution is -2.53. The fraction of sp³-hybridized carbons (Fsp3) is 0.278. The first kappa shape index (κ1) is 33.3. The van der Waals surface area contributed by atoms with Crippen molar-refractivity contribution in [3.63, 3.8) is 0 Å². The van der Waals surface area contributed by atoms with Crippen molar-refractivity contribution in [3.05, 3.63) is 126 Å². The van der Waals surface area contributed by atoms with Crippen molar-refractivity contribution in [1.82, 2.24) is 10.2 Å². The zero-order valence-electron chi connectivity index (χ0n) is 26.2. The van der Waals surface area contributed by atoms with Crippen LogP contribution in [0.3, 0.4) is 0 Å². The highest BCUT2D eigenvalue weighted by Gasteiger charge is 2.34. The van der Waals surface area contributed by atoms with E-state index in [4.69, 9.17) is 4.74 Å². The molecule has 0 bridgehead atoms. The van der Waals surface area contributed by atoms with E-state index in [1.165, 1.54) is 24.1 Å². The molecule has 236 valence electrons. The van der Waals surface area contributed by atoms with Gasteiger partial charge >= 0.3 is 0 Å². The van der Waals surface area contributed by atoms with Crippen LogP contribution in [0.5, 0.6) is 5.75 Å². The van der Waals surface area contributed by atoms with Crippen molar-refractivity contribution >= 4 is 27.5 Å². The van der Waals surface area contributed by atoms with Gasteiger partial charge in [0.15, 0.2) is 0 Å². The number of aryl methyl sites for hydroxylation is 1. The second kappa shape index (κ2) is 15.4. The molecular formula is C36H41N3O5S. The number of hydrogen-bond donors (Lipinski definition) is 1. The van der Waals surface area contributed by atoms with Crippen LogP contribution in [0.25, 0.3) is 0 Å². The summed E-state index contributed by atoms with van der Waals surface area (Å²) >= 11 is 0. The number of amides is 2. The van der Waals surface area contributed by atoms with Crippen molar-refractivity contribution < 1.29 is 22.7 Å². The van der Waals surface area contributed by atoms with Crippen molar-refractivity contribution in [2.45, 2.75) is 44.7 Å². The van der Waals surface area contributed by atoms with Gasteiger partial charge in [0.2, 0.25) is 11.8 Å². The first-order valence-electron chi connectivity index (χ1n) is 15.0. The minimum absolute atomic E-state index is 0.0503. The van der Waals surface area contributed by atoms with E-state index in [0.717, 1.165) is 21.0 Å². The van der Waals surface area contributed by atoms with Crippen LogP contribution in [0, 0.1) is 12.8 Å². The van der Waals surface area contributed by atoms with Gasteiger partial charge < -0.3 is 15.0 Å². The summed E-state index contributed by atoms with van der Waals surface area (Å²) in [5, 5.41) is 3.01. The van der Waals surface area contributed by atoms with Crippen LogP contribution < -0.4 is 14.4 Å². The normalized spacial score (nSPS) is 11.9. The highest BCUT2D eigenvalue weighted by molar-refractivity contribution is 7.92. The fourth-order valence-electron chi connectivity index (χ4n) is 4.98. The van der Waals surface area contributed by atoms with E-state index < -0.39 is 28.5 Å². The maximum Gasteiger partial charge on any atom is 0.264 e. The molecule has 0 saturated carbocycles. The van der Waals surface area contributed by atoms with Crippen molar-refractivity contribution in [2.24, 2.45) is 5.92 Å². The molecule has 0 fully saturated rings. The van der Waals surface area contributed by atoms with Crippen LogP contribution in [-0.2, 0) is 32.6 Å². The monoisotopic (exact) mass is 627 g/mol. The van der Waals surface area contributed by atoms with E-state index in [9.17, 15) is 18.0 Å². The molecule has 4 aromatic rings. The van der Waals surface area contributed by atoms with Crippen LogP contribution in [-0.4, -0.2) is 51.4 Å². The van der Waals surface area contributed by atoms with Gasteiger partial charge in [-0.15, -0.1) is 0 Å². The molecule has 4 aromatic carbocycles. The average molecular weight is 628 g/mol. The Hall–Kier alpha value is -4.63. The molecule has 0 heterocycles. The second-order valence-corrected chi connectivity index (χ2v) is 13.2. The molecular weight excluding hydrogens is 586 g/mol. The number of carbonyl (C=O) groups is 2. The van der Waals surface area contributed by atoms with Crippen LogP contribution >= 0.6 is 0 Å². The number of sulfonamides is 1. The van der Waals surface area contributed by atoms with E-state index in [2.05, 4.69) is 5.32 Å². The van der Waals surface area contributed by atoms with Crippen LogP contribution in [0.1, 0.15) is 30.5 Å². The van der Waals surface area contributed by atoms with Gasteiger partial charge in [-0.2, -0.15) is 0 Å². The molecule has 0 aliphatic heterocycles. The summed E-state index contributed by atoms with van der Waals surface area (Å²) in [4.78, 5) is 29.9. The molecule has 0 aromatic heterocycles. The Morgan fingerprint density at radius 1 is 0.822 bits per heavy atom. The molecule has 45 heavy (non-hydrogen) atoms. The van der Waals surface area contributed by atoms with E-state index in [-0.39, 0.29) is 29.7 Å². The topological polar surface area (TPSA) is 96.0 Å². The minimum Gasteiger partial charge on any atom is -0.497 e. The van der Waals surface area contributed by atoms with Crippen LogP contribution in [0.4, 0.5) is 5.69 Å². The lowest BCUT2D eigenvalue weighted by molar-refractivity contribution is -0.140. The maximum atomic E-state index is 14.5. The van der Waals surface area contributed by atoms with E-state index >= 15 is 0 Å². The maximum absolute atomic E-state index is 14.5. The summed E-state index contributed by atoms with van der Waals surface area (Å²) in [6, 6.07) is 30.9. The highest BCUT2D eigenvalue weighted by Crippen LogP contribution is 2.27. The van der Waals surface area contributed by atoms with Crippen LogP contribution in [0.15, 0.2) is 114 Å². The lowest BCUT2D eigenvalue weighted by atomic mass is 10.0. The minimum atomic E-state index is -4.16. The number of rotatable bonds is 14. The zero-order chi connectivity index (χ0) is 32.4. The molecule has 0 aliphatic carbocycles. The number of anilines is 1. The Kier molecular flexibility index (Phi) is 11.4. The summed E-state index contributed by atoms with van der Waals surface area (Å²) in [6.07, 6.45) is 0.260. The number of nitrogens with zero attached hydrogens (tertiary/aromatic N) is 2. The molecule has 0 saturated heterocycles. The molecule has 0 radical (unpaired) electrons. The highest BCUT2D eigenvalue weighted by atomic mass is 32.2. The molecule has 0 aliphatic rings. The quantitative estimate of drug-likeness (QED) is 0.196. The molecule has 1 atom stereocenters. The largest absolute Gasteiger partial charge is 0.497 e. The Labute approximate surface area is 266 Å². The smallest absolute Gasteiger partial charge is 0.264 e. The van der Waals surface area contributed by atoms with E-state index in [1.807, 2.05) is 75.4 Å². The van der Waals surface area contributed by atoms with Gasteiger partial charge in [0.1, 0.15) is 18.3 Å². The second-order valence-electron chi connectivity index (χ2n) is 11.4. The standard InChI is InChI=1S/C36H41N3O5S/c1-27(2)24-37-36(41)34(23-29-13-7-5-8-14-29)38(25-30-15-11-12-28(3)22-30)35(40)26-39(31-18-20-32(44-4)21-19-31)45(42,43)33-16-9-6-10-17-33/h5-22,27,34H,23-26H2,1-4H3,(H,37,41). The van der Waals surface area contributed by atoms with Crippen molar-refractivity contribution in [2.75, 3.05) is 24.5 Å². The summed E-state index contributed by atoms with van der Waals surface area (Å²) in [7, 11) is -2.64. The first-order chi connectivity index (χ1) is 21.6. The van der Waals surface area contributed by atoms with Crippen LogP contribution in [0.2, 0.25) is 0 Å². The van der Waals surface area contributed by atoms with Crippen molar-refractivity contribution in [3.8, 4) is 5.75 Å². The lowest BCUT2D eigenvalue weighted by Gasteiger charge is -2.34. The Morgan fingerprint density at radius 3 is 2.04 bits per heavy atom. The number of carbonyl (C=O) groups excluding carboxylic acids is 2. The Bertz CT molecular complexity index is 1660. The summed E-state index contributed by atoms with van der Waals surface area (Å²) in [5.41, 5.74) is 3.02. The Balaban J connectivity index is 1.79. The van der Waals surface area contributed by atoms with Gasteiger partial charge in [-0.3, -0.25) is 13.9 Å². The number of nitrogens with one attached hydrogen (secondary N) is 1. The van der Waals surface area contributed by atoms with Gasteiger partial charge in [0, 0.05) is 19.5 Å². The summed E-state index contributed by atoms with van der Waals surface area (Å²) in [5.74, 6) is -0.0512. The third-order valence-electron chi connectivity index (χ3n) is 7.36. The van der Waals surface area contributed by atoms with Gasteiger partial charge in [0.25, 0.3) is 10.0 Å². The fourth-order valence-corrected chi connectivity index (χ4v) is 6.42. The Morgan fingerprint density at radius 2 is 1.44 bits per heavy atom. The first-order valence-corrected chi connectivity index (χ1v) is 16.4. The number of benzene rings is 4. The average Bonchev–Trinajstić information content (AvgIpc) is 3.05. The molecule has 8 nitrogen and oxygen atoms in total. The number of ether oxygens (including phenoxy) is 1. The summed E-state index contributed by atoms with van der Waals surface area (Å²) < 4.78 is 34.5. The van der Waals surface area contributed by atoms with E-state index in [0.29, 0.717) is 18.0 Å². The molecule has 4 rings (SSSR count). The molecule has 0 spiro atoms. The van der Waals surface area contributed by atoms with Gasteiger partial charge in [-0.05, 0) is 60.4 Å². The third kappa shape index (κ3) is 8.95. The predicted molar refractivity (Wildman–Crippen MR) is 177 cm³/mol. The molecule has 9 heteroatoms. The number of methoxy groups -OCH3 is 1. The molecule has 2 amide bonds. The van der Waals surface area contributed by atoms with Gasteiger partial charge in [-0.1, -0.05) is 92.2 Å². The van der Waals surface area contributed by atoms with Gasteiger partial charge in [-0.25, -0.2) is 8.42 Å². The van der Waals surface area contributed by atoms with Crippen molar-refractivity contribution in [1.29, 1.82) is 0 Å². The third-order valence-corrected chi connectivity index (χ3v) is 9.15. The van der Waals surface area contributed by atoms with E-state index in [1.54, 1.807) is 42.5 Å².